The van der Waals surface area contributed by atoms with Crippen LogP contribution in [0.3, 0.4) is 0 Å². The second-order valence-electron chi connectivity index (χ2n) is 4.59. The zero-order valence-corrected chi connectivity index (χ0v) is 10.4. The number of hydrogen-bond acceptors (Lipinski definition) is 2. The Balaban J connectivity index is 2.64. The van der Waals surface area contributed by atoms with E-state index < -0.39 is 0 Å². The number of nitriles is 1. The molecular formula is C16H12N2. The van der Waals surface area contributed by atoms with Crippen molar-refractivity contribution in [3.8, 4) is 6.07 Å². The number of fused-ring (bicyclic) bond motifs is 2. The van der Waals surface area contributed by atoms with Gasteiger partial charge in [0, 0.05) is 10.8 Å². The molecule has 0 spiro atoms. The summed E-state index contributed by atoms with van der Waals surface area (Å²) in [6.07, 6.45) is 0. The molecule has 18 heavy (non-hydrogen) atoms. The van der Waals surface area contributed by atoms with Crippen molar-refractivity contribution in [1.82, 2.24) is 4.98 Å². The molecule has 0 bridgehead atoms. The van der Waals surface area contributed by atoms with Crippen LogP contribution in [0.4, 0.5) is 0 Å². The van der Waals surface area contributed by atoms with Gasteiger partial charge >= 0.3 is 0 Å². The van der Waals surface area contributed by atoms with E-state index in [9.17, 15) is 5.26 Å². The molecule has 1 aromatic heterocycles. The maximum atomic E-state index is 9.45. The standard InChI is InChI=1S/C16H12N2/c1-10-7-11(2)16-13(9-17)12-5-3-4-6-14(12)18-15(16)8-10/h3-8H,1-2H3. The SMILES string of the molecule is Cc1cc(C)c2c(C#N)c3ccccc3nc2c1. The smallest absolute Gasteiger partial charge is 0.101 e. The molecule has 0 aliphatic rings. The average molecular weight is 232 g/mol. The Morgan fingerprint density at radius 3 is 2.61 bits per heavy atom. The first-order valence-corrected chi connectivity index (χ1v) is 5.90. The third kappa shape index (κ3) is 1.45. The summed E-state index contributed by atoms with van der Waals surface area (Å²) in [6, 6.07) is 14.3. The number of rotatable bonds is 0. The minimum atomic E-state index is 0.730. The fraction of sp³-hybridized carbons (Fsp3) is 0.125. The topological polar surface area (TPSA) is 36.7 Å². The lowest BCUT2D eigenvalue weighted by atomic mass is 9.98. The average Bonchev–Trinajstić information content (AvgIpc) is 2.35. The van der Waals surface area contributed by atoms with E-state index in [0.717, 1.165) is 32.9 Å². The van der Waals surface area contributed by atoms with E-state index in [0.29, 0.717) is 0 Å². The second-order valence-corrected chi connectivity index (χ2v) is 4.59. The molecule has 2 nitrogen and oxygen atoms in total. The minimum absolute atomic E-state index is 0.730. The summed E-state index contributed by atoms with van der Waals surface area (Å²) < 4.78 is 0. The number of aryl methyl sites for hydroxylation is 2. The Morgan fingerprint density at radius 2 is 1.83 bits per heavy atom. The number of benzene rings is 2. The van der Waals surface area contributed by atoms with E-state index in [2.05, 4.69) is 24.0 Å². The number of pyridine rings is 1. The molecule has 0 radical (unpaired) electrons. The lowest BCUT2D eigenvalue weighted by Crippen LogP contribution is -1.92. The van der Waals surface area contributed by atoms with Gasteiger partial charge in [0.25, 0.3) is 0 Å². The number of para-hydroxylation sites is 1. The molecule has 0 aliphatic heterocycles. The number of hydrogen-bond donors (Lipinski definition) is 0. The van der Waals surface area contributed by atoms with Crippen molar-refractivity contribution in [1.29, 1.82) is 5.26 Å². The van der Waals surface area contributed by atoms with Crippen LogP contribution in [0.15, 0.2) is 36.4 Å². The van der Waals surface area contributed by atoms with Gasteiger partial charge in [-0.15, -0.1) is 0 Å². The Bertz CT molecular complexity index is 811. The van der Waals surface area contributed by atoms with Gasteiger partial charge in [0.1, 0.15) is 6.07 Å². The highest BCUT2D eigenvalue weighted by Crippen LogP contribution is 2.28. The van der Waals surface area contributed by atoms with E-state index in [1.54, 1.807) is 0 Å². The van der Waals surface area contributed by atoms with Gasteiger partial charge in [0.2, 0.25) is 0 Å². The molecule has 3 aromatic rings. The lowest BCUT2D eigenvalue weighted by Gasteiger charge is -2.08. The summed E-state index contributed by atoms with van der Waals surface area (Å²) in [7, 11) is 0. The fourth-order valence-electron chi connectivity index (χ4n) is 2.52. The van der Waals surface area contributed by atoms with Gasteiger partial charge in [-0.1, -0.05) is 24.3 Å². The zero-order valence-electron chi connectivity index (χ0n) is 10.4. The third-order valence-electron chi connectivity index (χ3n) is 3.24. The molecule has 2 heteroatoms. The van der Waals surface area contributed by atoms with Gasteiger partial charge in [-0.3, -0.25) is 0 Å². The minimum Gasteiger partial charge on any atom is -0.248 e. The molecule has 86 valence electrons. The van der Waals surface area contributed by atoms with Crippen LogP contribution in [0.25, 0.3) is 21.8 Å². The maximum absolute atomic E-state index is 9.45. The summed E-state index contributed by atoms with van der Waals surface area (Å²) in [5.41, 5.74) is 4.80. The quantitative estimate of drug-likeness (QED) is 0.551. The zero-order chi connectivity index (χ0) is 12.7. The molecular weight excluding hydrogens is 220 g/mol. The van der Waals surface area contributed by atoms with Crippen LogP contribution in [0.5, 0.6) is 0 Å². The summed E-state index contributed by atoms with van der Waals surface area (Å²) in [4.78, 5) is 4.66. The summed E-state index contributed by atoms with van der Waals surface area (Å²) in [5.74, 6) is 0. The third-order valence-corrected chi connectivity index (χ3v) is 3.24. The first-order chi connectivity index (χ1) is 8.70. The molecule has 0 fully saturated rings. The van der Waals surface area contributed by atoms with E-state index in [-0.39, 0.29) is 0 Å². The highest BCUT2D eigenvalue weighted by Gasteiger charge is 2.10. The fourth-order valence-corrected chi connectivity index (χ4v) is 2.52. The van der Waals surface area contributed by atoms with Crippen molar-refractivity contribution in [3.63, 3.8) is 0 Å². The van der Waals surface area contributed by atoms with Crippen molar-refractivity contribution in [3.05, 3.63) is 53.1 Å². The normalized spacial score (nSPS) is 10.7. The summed E-state index contributed by atoms with van der Waals surface area (Å²) in [6.45, 7) is 4.09. The molecule has 1 heterocycles. The van der Waals surface area contributed by atoms with Crippen LogP contribution in [0.2, 0.25) is 0 Å². The monoisotopic (exact) mass is 232 g/mol. The second kappa shape index (κ2) is 3.82. The molecule has 0 atom stereocenters. The van der Waals surface area contributed by atoms with E-state index in [1.165, 1.54) is 5.56 Å². The van der Waals surface area contributed by atoms with Crippen molar-refractivity contribution in [2.75, 3.05) is 0 Å². The summed E-state index contributed by atoms with van der Waals surface area (Å²) >= 11 is 0. The van der Waals surface area contributed by atoms with Crippen molar-refractivity contribution in [2.45, 2.75) is 13.8 Å². The van der Waals surface area contributed by atoms with Gasteiger partial charge in [-0.05, 0) is 37.1 Å². The van der Waals surface area contributed by atoms with Crippen LogP contribution in [-0.2, 0) is 0 Å². The number of aromatic nitrogens is 1. The maximum Gasteiger partial charge on any atom is 0.101 e. The number of nitrogens with zero attached hydrogens (tertiary/aromatic N) is 2. The predicted octanol–water partition coefficient (Wildman–Crippen LogP) is 3.88. The van der Waals surface area contributed by atoms with E-state index in [4.69, 9.17) is 0 Å². The van der Waals surface area contributed by atoms with Gasteiger partial charge in [0.05, 0.1) is 16.6 Å². The largest absolute Gasteiger partial charge is 0.248 e. The summed E-state index contributed by atoms with van der Waals surface area (Å²) in [5, 5.41) is 11.4. The van der Waals surface area contributed by atoms with Crippen LogP contribution in [-0.4, -0.2) is 4.98 Å². The molecule has 0 N–H and O–H groups in total. The highest BCUT2D eigenvalue weighted by atomic mass is 14.7. The predicted molar refractivity (Wildman–Crippen MR) is 73.4 cm³/mol. The molecule has 2 aromatic carbocycles. The molecule has 0 aliphatic carbocycles. The molecule has 3 rings (SSSR count). The Labute approximate surface area is 106 Å². The molecule has 0 unspecified atom stereocenters. The van der Waals surface area contributed by atoms with E-state index >= 15 is 0 Å². The Hall–Kier alpha value is -2.40. The molecule has 0 saturated heterocycles. The van der Waals surface area contributed by atoms with Crippen LogP contribution in [0, 0.1) is 25.2 Å². The highest BCUT2D eigenvalue weighted by molar-refractivity contribution is 6.01. The van der Waals surface area contributed by atoms with Gasteiger partial charge in [0.15, 0.2) is 0 Å². The van der Waals surface area contributed by atoms with Crippen LogP contribution >= 0.6 is 0 Å². The van der Waals surface area contributed by atoms with E-state index in [1.807, 2.05) is 37.3 Å². The van der Waals surface area contributed by atoms with Gasteiger partial charge in [-0.25, -0.2) is 4.98 Å². The van der Waals surface area contributed by atoms with Gasteiger partial charge < -0.3 is 0 Å². The molecule has 0 amide bonds. The Kier molecular flexibility index (Phi) is 2.28. The molecule has 0 saturated carbocycles. The van der Waals surface area contributed by atoms with Crippen molar-refractivity contribution in [2.24, 2.45) is 0 Å². The van der Waals surface area contributed by atoms with Crippen LogP contribution < -0.4 is 0 Å². The van der Waals surface area contributed by atoms with Crippen LogP contribution in [0.1, 0.15) is 16.7 Å². The van der Waals surface area contributed by atoms with Crippen molar-refractivity contribution < 1.29 is 0 Å². The first-order valence-electron chi connectivity index (χ1n) is 5.90. The van der Waals surface area contributed by atoms with Gasteiger partial charge in [-0.2, -0.15) is 5.26 Å². The van der Waals surface area contributed by atoms with Crippen molar-refractivity contribution >= 4 is 21.8 Å². The lowest BCUT2D eigenvalue weighted by molar-refractivity contribution is 1.38. The Morgan fingerprint density at radius 1 is 1.06 bits per heavy atom. The first kappa shape index (κ1) is 10.7.